The van der Waals surface area contributed by atoms with Crippen LogP contribution in [0.5, 0.6) is 5.75 Å². The van der Waals surface area contributed by atoms with Crippen LogP contribution in [0.25, 0.3) is 0 Å². The first-order valence-electron chi connectivity index (χ1n) is 24.6. The molecule has 386 valence electrons. The van der Waals surface area contributed by atoms with Crippen LogP contribution in [0.4, 0.5) is 0 Å². The van der Waals surface area contributed by atoms with E-state index >= 15 is 4.79 Å². The van der Waals surface area contributed by atoms with Gasteiger partial charge < -0.3 is 30.1 Å². The molecule has 3 rings (SSSR count). The van der Waals surface area contributed by atoms with Crippen LogP contribution < -0.4 is 10.6 Å². The van der Waals surface area contributed by atoms with E-state index in [2.05, 4.69) is 15.5 Å². The number of amides is 3. The third kappa shape index (κ3) is 21.1. The van der Waals surface area contributed by atoms with Crippen molar-refractivity contribution in [2.24, 2.45) is 29.6 Å². The summed E-state index contributed by atoms with van der Waals surface area (Å²) < 4.78 is 11.7. The van der Waals surface area contributed by atoms with Gasteiger partial charge in [-0.25, -0.2) is 4.98 Å². The van der Waals surface area contributed by atoms with Crippen LogP contribution in [0.2, 0.25) is 0 Å². The summed E-state index contributed by atoms with van der Waals surface area (Å²) in [4.78, 5) is 101. The van der Waals surface area contributed by atoms with Crippen molar-refractivity contribution in [3.05, 3.63) is 45.9 Å². The van der Waals surface area contributed by atoms with E-state index in [0.717, 1.165) is 54.2 Å². The number of esters is 2. The molecule has 3 N–H and O–H groups in total. The number of ether oxygens (including phenoxy) is 2. The number of benzene rings is 1. The lowest BCUT2D eigenvalue weighted by Crippen LogP contribution is -2.50. The molecule has 2 aromatic rings. The molecule has 1 aromatic heterocycles. The zero-order valence-electron chi connectivity index (χ0n) is 42.6. The molecule has 0 spiro atoms. The molecule has 15 nitrogen and oxygen atoms in total. The Morgan fingerprint density at radius 1 is 0.957 bits per heavy atom. The molecule has 1 saturated heterocycles. The van der Waals surface area contributed by atoms with Gasteiger partial charge in [-0.05, 0) is 81.1 Å². The average Bonchev–Trinajstić information content (AvgIpc) is 3.79. The van der Waals surface area contributed by atoms with E-state index in [9.17, 15) is 33.9 Å². The highest BCUT2D eigenvalue weighted by Crippen LogP contribution is 2.34. The molecule has 0 saturated carbocycles. The van der Waals surface area contributed by atoms with E-state index in [1.54, 1.807) is 56.1 Å². The predicted octanol–water partition coefficient (Wildman–Crippen LogP) is 8.58. The summed E-state index contributed by atoms with van der Waals surface area (Å²) in [7, 11) is 5.26. The molecule has 1 aliphatic heterocycles. The number of carbonyl (C=O) groups excluding carboxylic acids is 7. The summed E-state index contributed by atoms with van der Waals surface area (Å²) >= 11 is 1.14. The van der Waals surface area contributed by atoms with E-state index in [1.165, 1.54) is 13.8 Å². The number of Topliss-reactive ketones (excluding diaryl/α,β-unsaturated/α-hetero) is 2. The minimum Gasteiger partial charge on any atom is -0.508 e. The van der Waals surface area contributed by atoms with Gasteiger partial charge in [0.15, 0.2) is 18.6 Å². The molecule has 3 amide bonds. The number of aromatic hydroxyl groups is 1. The van der Waals surface area contributed by atoms with Crippen LogP contribution in [0.1, 0.15) is 154 Å². The lowest BCUT2D eigenvalue weighted by molar-refractivity contribution is -0.162. The molecule has 1 aliphatic rings. The van der Waals surface area contributed by atoms with Gasteiger partial charge in [-0.1, -0.05) is 95.0 Å². The van der Waals surface area contributed by atoms with Crippen molar-refractivity contribution in [1.29, 1.82) is 0 Å². The summed E-state index contributed by atoms with van der Waals surface area (Å²) in [6.07, 6.45) is 4.47. The molecule has 0 radical (unpaired) electrons. The van der Waals surface area contributed by atoms with E-state index in [4.69, 9.17) is 14.5 Å². The fraction of sp³-hybridized carbons (Fsp3) is 0.686. The summed E-state index contributed by atoms with van der Waals surface area (Å²) in [5, 5.41) is 17.7. The average molecular weight is 1020 g/mol. The van der Waals surface area contributed by atoms with Crippen LogP contribution in [-0.2, 0) is 44.7 Å². The second-order valence-corrected chi connectivity index (χ2v) is 22.9. The second kappa shape index (κ2) is 30.7. The SMILES string of the molecule is CC[C@H](C)[C@H](CC(=O)[C@H]1CCCCN1C)C(=O)N(COC(=O)CC(C)C)[C@H](C[C@@H](OC(C)=O)c1nc(C(=O)N[C@@H](Cc2ccc(O)cc2)C[C@H](C)C(=O)CCCSSCCNC(C)=O)cs1)C(C)C. The minimum absolute atomic E-state index is 0.0174. The number of hydrogen-bond acceptors (Lipinski definition) is 15. The number of likely N-dealkylation sites (tertiary alicyclic amines) is 1. The molecule has 1 aromatic carbocycles. The number of rotatable bonds is 31. The Bertz CT molecular complexity index is 1960. The van der Waals surface area contributed by atoms with E-state index < -0.39 is 42.0 Å². The molecule has 7 atom stereocenters. The van der Waals surface area contributed by atoms with Gasteiger partial charge in [-0.15, -0.1) is 11.3 Å². The van der Waals surface area contributed by atoms with Gasteiger partial charge in [-0.2, -0.15) is 0 Å². The van der Waals surface area contributed by atoms with Gasteiger partial charge in [0.1, 0.15) is 22.2 Å². The number of carbonyl (C=O) groups is 7. The minimum atomic E-state index is -0.984. The monoisotopic (exact) mass is 1020 g/mol. The highest BCUT2D eigenvalue weighted by Gasteiger charge is 2.40. The molecule has 0 unspecified atom stereocenters. The third-order valence-electron chi connectivity index (χ3n) is 12.6. The van der Waals surface area contributed by atoms with Crippen molar-refractivity contribution >= 4 is 74.2 Å². The number of hydrogen-bond donors (Lipinski definition) is 3. The third-order valence-corrected chi connectivity index (χ3v) is 16.1. The number of piperidine rings is 1. The first kappa shape index (κ1) is 59.3. The smallest absolute Gasteiger partial charge is 0.307 e. The molecule has 0 bridgehead atoms. The lowest BCUT2D eigenvalue weighted by Gasteiger charge is -2.39. The second-order valence-electron chi connectivity index (χ2n) is 19.3. The Hall–Kier alpha value is -4.00. The number of nitrogens with one attached hydrogen (secondary N) is 2. The number of thiazole rings is 1. The van der Waals surface area contributed by atoms with E-state index in [0.29, 0.717) is 43.7 Å². The maximum absolute atomic E-state index is 15.0. The number of aromatic nitrogens is 1. The largest absolute Gasteiger partial charge is 0.508 e. The first-order valence-corrected chi connectivity index (χ1v) is 28.0. The summed E-state index contributed by atoms with van der Waals surface area (Å²) in [6, 6.07) is 5.31. The van der Waals surface area contributed by atoms with Gasteiger partial charge in [0.25, 0.3) is 5.91 Å². The molecule has 1 fully saturated rings. The summed E-state index contributed by atoms with van der Waals surface area (Å²) in [5.41, 5.74) is 0.948. The fourth-order valence-electron chi connectivity index (χ4n) is 8.50. The molecule has 69 heavy (non-hydrogen) atoms. The zero-order valence-corrected chi connectivity index (χ0v) is 45.0. The normalized spacial score (nSPS) is 16.7. The Morgan fingerprint density at radius 3 is 2.28 bits per heavy atom. The van der Waals surface area contributed by atoms with Gasteiger partial charge >= 0.3 is 11.9 Å². The first-order chi connectivity index (χ1) is 32.7. The van der Waals surface area contributed by atoms with Gasteiger partial charge in [-0.3, -0.25) is 38.5 Å². The van der Waals surface area contributed by atoms with E-state index in [1.807, 2.05) is 55.5 Å². The van der Waals surface area contributed by atoms with Crippen LogP contribution in [-0.4, -0.2) is 118 Å². The van der Waals surface area contributed by atoms with Crippen molar-refractivity contribution < 1.29 is 48.1 Å². The van der Waals surface area contributed by atoms with Crippen molar-refractivity contribution in [3.63, 3.8) is 0 Å². The summed E-state index contributed by atoms with van der Waals surface area (Å²) in [6.45, 7) is 17.3. The van der Waals surface area contributed by atoms with Crippen molar-refractivity contribution in [1.82, 2.24) is 25.4 Å². The predicted molar refractivity (Wildman–Crippen MR) is 275 cm³/mol. The number of nitrogens with zero attached hydrogens (tertiary/aromatic N) is 3. The number of phenolic OH excluding ortho intramolecular Hbond substituents is 1. The quantitative estimate of drug-likeness (QED) is 0.0281. The van der Waals surface area contributed by atoms with Crippen LogP contribution in [0.3, 0.4) is 0 Å². The molecule has 0 aliphatic carbocycles. The maximum Gasteiger partial charge on any atom is 0.307 e. The van der Waals surface area contributed by atoms with Crippen molar-refractivity contribution in [3.8, 4) is 5.75 Å². The van der Waals surface area contributed by atoms with Crippen LogP contribution in [0, 0.1) is 29.6 Å². The topological polar surface area (TPSA) is 202 Å². The highest BCUT2D eigenvalue weighted by molar-refractivity contribution is 8.76. The van der Waals surface area contributed by atoms with Crippen LogP contribution >= 0.6 is 32.9 Å². The van der Waals surface area contributed by atoms with Crippen molar-refractivity contribution in [2.75, 3.05) is 38.4 Å². The number of likely N-dealkylation sites (N-methyl/N-ethyl adjacent to an activating group) is 1. The Labute approximate surface area is 422 Å². The standard InChI is InChI=1S/C51H79N5O10S3/c1-11-34(6)41(28-46(61)43-15-12-13-22-55(43)10)51(64)56(31-65-48(62)25-32(2)3)44(33(4)5)29-47(66-37(9)58)50-54-42(30-67-50)49(63)53-39(27-38-17-19-40(59)20-18-38)26-35(7)45(60)16-14-23-68-69-24-21-52-36(8)57/h17-20,30,32-35,39,41,43-44,47,59H,11-16,21-29,31H2,1-10H3,(H,52,57)(H,53,63)/t34-,35-,39+,41-,43+,44+,47+/m0/s1. The Morgan fingerprint density at radius 2 is 1.65 bits per heavy atom. The Kier molecular flexibility index (Phi) is 26.4. The Balaban J connectivity index is 1.88. The van der Waals surface area contributed by atoms with Gasteiger partial charge in [0.2, 0.25) is 11.8 Å². The fourth-order valence-corrected chi connectivity index (χ4v) is 11.3. The molecular formula is C51H79N5O10S3. The van der Waals surface area contributed by atoms with Crippen molar-refractivity contribution in [2.45, 2.75) is 157 Å². The highest BCUT2D eigenvalue weighted by atomic mass is 33.1. The molecule has 18 heteroatoms. The van der Waals surface area contributed by atoms with Gasteiger partial charge in [0, 0.05) is 86.9 Å². The summed E-state index contributed by atoms with van der Waals surface area (Å²) in [5.74, 6) is -1.55. The zero-order chi connectivity index (χ0) is 51.2. The van der Waals surface area contributed by atoms with Gasteiger partial charge in [0.05, 0.1) is 6.04 Å². The number of phenols is 1. The van der Waals surface area contributed by atoms with E-state index in [-0.39, 0.29) is 90.5 Å². The maximum atomic E-state index is 15.0. The molecule has 2 heterocycles. The number of ketones is 2. The lowest BCUT2D eigenvalue weighted by atomic mass is 9.82. The van der Waals surface area contributed by atoms with Crippen LogP contribution in [0.15, 0.2) is 29.6 Å². The molecular weight excluding hydrogens is 939 g/mol.